The van der Waals surface area contributed by atoms with Gasteiger partial charge < -0.3 is 19.5 Å². The molecule has 1 spiro atoms. The molecule has 1 aromatic rings. The third-order valence-corrected chi connectivity index (χ3v) is 5.42. The average molecular weight is 401 g/mol. The molecule has 1 saturated heterocycles. The normalized spacial score (nSPS) is 21.2. The van der Waals surface area contributed by atoms with Gasteiger partial charge in [-0.2, -0.15) is 0 Å². The molecule has 28 heavy (non-hydrogen) atoms. The van der Waals surface area contributed by atoms with Crippen LogP contribution in [-0.2, 0) is 10.3 Å². The van der Waals surface area contributed by atoms with Crippen LogP contribution in [0.2, 0.25) is 0 Å². The number of piperidine rings is 1. The number of likely N-dealkylation sites (tertiary alicyclic amines) is 1. The molecule has 0 bridgehead atoms. The van der Waals surface area contributed by atoms with Crippen molar-refractivity contribution in [1.29, 1.82) is 0 Å². The second-order valence-electron chi connectivity index (χ2n) is 8.93. The summed E-state index contributed by atoms with van der Waals surface area (Å²) in [5, 5.41) is 10.9. The van der Waals surface area contributed by atoms with E-state index in [0.717, 1.165) is 12.8 Å². The van der Waals surface area contributed by atoms with Gasteiger partial charge in [0.15, 0.2) is 0 Å². The van der Waals surface area contributed by atoms with Gasteiger partial charge in [-0.3, -0.25) is 0 Å². The quantitative estimate of drug-likeness (QED) is 0.788. The van der Waals surface area contributed by atoms with Gasteiger partial charge in [-0.25, -0.2) is 4.79 Å². The van der Waals surface area contributed by atoms with E-state index in [1.165, 1.54) is 18.2 Å². The number of halogens is 3. The lowest BCUT2D eigenvalue weighted by molar-refractivity contribution is -0.274. The Hall–Kier alpha value is -1.96. The molecule has 1 amide bonds. The Morgan fingerprint density at radius 1 is 1.14 bits per heavy atom. The minimum atomic E-state index is -4.77. The third-order valence-electron chi connectivity index (χ3n) is 5.42. The molecule has 0 radical (unpaired) electrons. The highest BCUT2D eigenvalue weighted by atomic mass is 19.4. The van der Waals surface area contributed by atoms with E-state index >= 15 is 0 Å². The number of ether oxygens (including phenoxy) is 2. The number of hydrogen-bond donors (Lipinski definition) is 1. The van der Waals surface area contributed by atoms with Crippen molar-refractivity contribution in [2.45, 2.75) is 64.0 Å². The fraction of sp³-hybridized carbons (Fsp3) is 0.650. The lowest BCUT2D eigenvalue weighted by Gasteiger charge is -2.56. The fourth-order valence-corrected chi connectivity index (χ4v) is 4.22. The molecule has 1 heterocycles. The molecule has 5 nitrogen and oxygen atoms in total. The molecule has 156 valence electrons. The maximum absolute atomic E-state index is 12.4. The van der Waals surface area contributed by atoms with E-state index in [1.807, 2.05) is 20.8 Å². The molecule has 2 aliphatic rings. The first-order valence-corrected chi connectivity index (χ1v) is 9.36. The highest BCUT2D eigenvalue weighted by Crippen LogP contribution is 2.59. The van der Waals surface area contributed by atoms with E-state index in [0.29, 0.717) is 31.5 Å². The molecular weight excluding hydrogens is 375 g/mol. The molecule has 0 aromatic heterocycles. The van der Waals surface area contributed by atoms with Gasteiger partial charge in [0, 0.05) is 13.1 Å². The molecule has 1 aromatic carbocycles. The van der Waals surface area contributed by atoms with Crippen molar-refractivity contribution in [2.75, 3.05) is 13.1 Å². The minimum Gasteiger partial charge on any atom is -0.444 e. The second kappa shape index (κ2) is 6.83. The Kier molecular flexibility index (Phi) is 5.06. The summed E-state index contributed by atoms with van der Waals surface area (Å²) in [5.74, 6) is -0.334. The summed E-state index contributed by atoms with van der Waals surface area (Å²) in [6, 6.07) is 5.53. The fourth-order valence-electron chi connectivity index (χ4n) is 4.22. The third kappa shape index (κ3) is 4.71. The zero-order chi connectivity index (χ0) is 20.8. The summed E-state index contributed by atoms with van der Waals surface area (Å²) in [7, 11) is 0. The van der Waals surface area contributed by atoms with Crippen LogP contribution in [0.25, 0.3) is 0 Å². The van der Waals surface area contributed by atoms with E-state index < -0.39 is 17.6 Å². The van der Waals surface area contributed by atoms with Gasteiger partial charge >= 0.3 is 12.5 Å². The Bertz CT molecular complexity index is 726. The maximum Gasteiger partial charge on any atom is 0.573 e. The van der Waals surface area contributed by atoms with E-state index in [9.17, 15) is 23.1 Å². The van der Waals surface area contributed by atoms with Crippen molar-refractivity contribution in [3.05, 3.63) is 29.8 Å². The number of benzene rings is 1. The number of amides is 1. The predicted molar refractivity (Wildman–Crippen MR) is 95.7 cm³/mol. The molecular formula is C20H26F3NO4. The van der Waals surface area contributed by atoms with E-state index in [-0.39, 0.29) is 17.3 Å². The monoisotopic (exact) mass is 401 g/mol. The van der Waals surface area contributed by atoms with Crippen molar-refractivity contribution in [2.24, 2.45) is 5.41 Å². The highest BCUT2D eigenvalue weighted by Gasteiger charge is 2.55. The summed E-state index contributed by atoms with van der Waals surface area (Å²) >= 11 is 0. The number of hydrogen-bond acceptors (Lipinski definition) is 4. The van der Waals surface area contributed by atoms with E-state index in [1.54, 1.807) is 11.0 Å². The summed E-state index contributed by atoms with van der Waals surface area (Å²) < 4.78 is 46.6. The molecule has 0 atom stereocenters. The lowest BCUT2D eigenvalue weighted by atomic mass is 9.53. The van der Waals surface area contributed by atoms with Crippen molar-refractivity contribution >= 4 is 6.09 Å². The number of nitrogens with zero attached hydrogens (tertiary/aromatic N) is 1. The summed E-state index contributed by atoms with van der Waals surface area (Å²) in [6.45, 7) is 6.54. The van der Waals surface area contributed by atoms with Crippen molar-refractivity contribution < 1.29 is 32.5 Å². The number of aliphatic hydroxyl groups is 1. The average Bonchev–Trinajstić information content (AvgIpc) is 2.51. The molecule has 1 aliphatic carbocycles. The number of alkyl halides is 3. The SMILES string of the molecule is CC(C)(C)OC(=O)N1CCC2(CC1)CC(O)(c1cccc(OC(F)(F)F)c1)C2. The Labute approximate surface area is 162 Å². The summed E-state index contributed by atoms with van der Waals surface area (Å²) in [6.07, 6.45) is -2.74. The van der Waals surface area contributed by atoms with Gasteiger partial charge in [-0.15, -0.1) is 13.2 Å². The summed E-state index contributed by atoms with van der Waals surface area (Å²) in [4.78, 5) is 13.9. The Morgan fingerprint density at radius 3 is 2.29 bits per heavy atom. The van der Waals surface area contributed by atoms with Crippen molar-refractivity contribution in [3.8, 4) is 5.75 Å². The molecule has 1 N–H and O–H groups in total. The van der Waals surface area contributed by atoms with Crippen LogP contribution in [-0.4, -0.2) is 41.2 Å². The largest absolute Gasteiger partial charge is 0.573 e. The molecule has 1 aliphatic heterocycles. The zero-order valence-corrected chi connectivity index (χ0v) is 16.3. The minimum absolute atomic E-state index is 0.103. The zero-order valence-electron chi connectivity index (χ0n) is 16.3. The molecule has 2 fully saturated rings. The van der Waals surface area contributed by atoms with Gasteiger partial charge in [0.25, 0.3) is 0 Å². The molecule has 1 saturated carbocycles. The Balaban J connectivity index is 1.59. The topological polar surface area (TPSA) is 59.0 Å². The number of rotatable bonds is 2. The first-order chi connectivity index (χ1) is 12.8. The standard InChI is InChI=1S/C20H26F3NO4/c1-17(2,3)28-16(25)24-9-7-18(8-10-24)12-19(26,13-18)14-5-4-6-15(11-14)27-20(21,22)23/h4-6,11,26H,7-10,12-13H2,1-3H3. The lowest BCUT2D eigenvalue weighted by Crippen LogP contribution is -2.55. The Morgan fingerprint density at radius 2 is 1.75 bits per heavy atom. The van der Waals surface area contributed by atoms with Crippen molar-refractivity contribution in [3.63, 3.8) is 0 Å². The van der Waals surface area contributed by atoms with Crippen LogP contribution in [0.4, 0.5) is 18.0 Å². The second-order valence-corrected chi connectivity index (χ2v) is 8.93. The highest BCUT2D eigenvalue weighted by molar-refractivity contribution is 5.68. The first kappa shape index (κ1) is 20.8. The van der Waals surface area contributed by atoms with Crippen LogP contribution in [0.15, 0.2) is 24.3 Å². The van der Waals surface area contributed by atoms with E-state index in [2.05, 4.69) is 4.74 Å². The number of carbonyl (C=O) groups excluding carboxylic acids is 1. The molecule has 8 heteroatoms. The van der Waals surface area contributed by atoms with Crippen LogP contribution in [0.1, 0.15) is 52.0 Å². The van der Waals surface area contributed by atoms with Crippen LogP contribution >= 0.6 is 0 Å². The van der Waals surface area contributed by atoms with Gasteiger partial charge in [-0.05, 0) is 69.6 Å². The van der Waals surface area contributed by atoms with Crippen LogP contribution in [0.5, 0.6) is 5.75 Å². The maximum atomic E-state index is 12.4. The van der Waals surface area contributed by atoms with Crippen LogP contribution in [0, 0.1) is 5.41 Å². The predicted octanol–water partition coefficient (Wildman–Crippen LogP) is 4.58. The molecule has 3 rings (SSSR count). The van der Waals surface area contributed by atoms with Gasteiger partial charge in [0.1, 0.15) is 11.4 Å². The van der Waals surface area contributed by atoms with Crippen LogP contribution < -0.4 is 4.74 Å². The van der Waals surface area contributed by atoms with Crippen LogP contribution in [0.3, 0.4) is 0 Å². The number of carbonyl (C=O) groups is 1. The van der Waals surface area contributed by atoms with Gasteiger partial charge in [-0.1, -0.05) is 12.1 Å². The van der Waals surface area contributed by atoms with Crippen molar-refractivity contribution in [1.82, 2.24) is 4.90 Å². The van der Waals surface area contributed by atoms with E-state index in [4.69, 9.17) is 4.74 Å². The van der Waals surface area contributed by atoms with Gasteiger partial charge in [0.2, 0.25) is 0 Å². The summed E-state index contributed by atoms with van der Waals surface area (Å²) in [5.41, 5.74) is -1.39. The first-order valence-electron chi connectivity index (χ1n) is 9.36. The smallest absolute Gasteiger partial charge is 0.444 e. The van der Waals surface area contributed by atoms with Gasteiger partial charge in [0.05, 0.1) is 5.60 Å². The molecule has 0 unspecified atom stereocenters.